The average molecular weight is 290 g/mol. The van der Waals surface area contributed by atoms with Gasteiger partial charge in [0.15, 0.2) is 0 Å². The van der Waals surface area contributed by atoms with Crippen LogP contribution in [0.15, 0.2) is 12.1 Å². The first-order valence-electron chi connectivity index (χ1n) is 6.09. The Morgan fingerprint density at radius 2 is 2.11 bits per heavy atom. The molecule has 1 saturated carbocycles. The maximum absolute atomic E-state index is 13.6. The van der Waals surface area contributed by atoms with Crippen LogP contribution < -0.4 is 5.32 Å². The molecule has 2 atom stereocenters. The van der Waals surface area contributed by atoms with E-state index in [1.807, 2.05) is 0 Å². The normalized spacial score (nSPS) is 22.5. The largest absolute Gasteiger partial charge is 0.396 e. The van der Waals surface area contributed by atoms with Gasteiger partial charge in [-0.3, -0.25) is 4.79 Å². The molecule has 0 bridgehead atoms. The molecule has 104 valence electrons. The minimum Gasteiger partial charge on any atom is -0.396 e. The van der Waals surface area contributed by atoms with E-state index in [1.165, 1.54) is 0 Å². The van der Waals surface area contributed by atoms with Crippen molar-refractivity contribution in [3.8, 4) is 0 Å². The second-order valence-corrected chi connectivity index (χ2v) is 5.11. The van der Waals surface area contributed by atoms with E-state index in [-0.39, 0.29) is 29.2 Å². The van der Waals surface area contributed by atoms with Crippen molar-refractivity contribution in [3.05, 3.63) is 34.4 Å². The van der Waals surface area contributed by atoms with Crippen LogP contribution >= 0.6 is 11.6 Å². The van der Waals surface area contributed by atoms with Gasteiger partial charge in [-0.2, -0.15) is 0 Å². The van der Waals surface area contributed by atoms with E-state index in [1.54, 1.807) is 0 Å². The van der Waals surface area contributed by atoms with Gasteiger partial charge >= 0.3 is 0 Å². The molecule has 1 aromatic carbocycles. The Balaban J connectivity index is 2.14. The monoisotopic (exact) mass is 289 g/mol. The number of amides is 1. The minimum absolute atomic E-state index is 0.0239. The summed E-state index contributed by atoms with van der Waals surface area (Å²) < 4.78 is 26.8. The fourth-order valence-electron chi connectivity index (χ4n) is 2.39. The SMILES string of the molecule is O=C(NC1CCCC1CO)c1cc(F)c(Cl)cc1F. The Bertz CT molecular complexity index is 496. The van der Waals surface area contributed by atoms with Gasteiger partial charge in [0.1, 0.15) is 11.6 Å². The summed E-state index contributed by atoms with van der Waals surface area (Å²) in [7, 11) is 0. The molecule has 1 aliphatic rings. The number of aliphatic hydroxyl groups excluding tert-OH is 1. The number of carbonyl (C=O) groups excluding carboxylic acids is 1. The van der Waals surface area contributed by atoms with Gasteiger partial charge < -0.3 is 10.4 Å². The molecule has 0 aromatic heterocycles. The highest BCUT2D eigenvalue weighted by molar-refractivity contribution is 6.30. The molecule has 0 saturated heterocycles. The predicted molar refractivity (Wildman–Crippen MR) is 67.0 cm³/mol. The molecule has 0 aliphatic heterocycles. The molecule has 1 fully saturated rings. The maximum atomic E-state index is 13.6. The topological polar surface area (TPSA) is 49.3 Å². The van der Waals surface area contributed by atoms with Crippen LogP contribution in [-0.4, -0.2) is 23.7 Å². The molecule has 2 rings (SSSR count). The number of nitrogens with one attached hydrogen (secondary N) is 1. The van der Waals surface area contributed by atoms with Crippen LogP contribution in [0.5, 0.6) is 0 Å². The summed E-state index contributed by atoms with van der Waals surface area (Å²) in [4.78, 5) is 11.9. The molecule has 19 heavy (non-hydrogen) atoms. The van der Waals surface area contributed by atoms with Crippen LogP contribution in [0.4, 0.5) is 8.78 Å². The Labute approximate surface area is 114 Å². The summed E-state index contributed by atoms with van der Waals surface area (Å²) in [6, 6.07) is 1.37. The van der Waals surface area contributed by atoms with E-state index in [2.05, 4.69) is 5.32 Å². The van der Waals surface area contributed by atoms with E-state index >= 15 is 0 Å². The molecule has 1 amide bonds. The lowest BCUT2D eigenvalue weighted by atomic mass is 10.0. The zero-order chi connectivity index (χ0) is 14.0. The van der Waals surface area contributed by atoms with Crippen LogP contribution in [0.1, 0.15) is 29.6 Å². The third-order valence-corrected chi connectivity index (χ3v) is 3.75. The van der Waals surface area contributed by atoms with Gasteiger partial charge in [-0.1, -0.05) is 18.0 Å². The van der Waals surface area contributed by atoms with Crippen molar-refractivity contribution in [2.45, 2.75) is 25.3 Å². The number of carbonyl (C=O) groups is 1. The summed E-state index contributed by atoms with van der Waals surface area (Å²) in [5, 5.41) is 11.4. The number of halogens is 3. The van der Waals surface area contributed by atoms with Crippen LogP contribution in [-0.2, 0) is 0 Å². The molecule has 1 aliphatic carbocycles. The molecule has 1 aromatic rings. The van der Waals surface area contributed by atoms with Crippen molar-refractivity contribution >= 4 is 17.5 Å². The van der Waals surface area contributed by atoms with Crippen LogP contribution in [0.2, 0.25) is 5.02 Å². The first-order chi connectivity index (χ1) is 9.02. The molecule has 0 spiro atoms. The fourth-order valence-corrected chi connectivity index (χ4v) is 2.54. The summed E-state index contributed by atoms with van der Waals surface area (Å²) >= 11 is 5.43. The highest BCUT2D eigenvalue weighted by Gasteiger charge is 2.29. The zero-order valence-electron chi connectivity index (χ0n) is 10.1. The molecule has 6 heteroatoms. The maximum Gasteiger partial charge on any atom is 0.254 e. The Kier molecular flexibility index (Phi) is 4.37. The molecule has 2 unspecified atom stereocenters. The number of benzene rings is 1. The number of rotatable bonds is 3. The third-order valence-electron chi connectivity index (χ3n) is 3.46. The summed E-state index contributed by atoms with van der Waals surface area (Å²) in [5.74, 6) is -2.40. The Hall–Kier alpha value is -1.20. The van der Waals surface area contributed by atoms with Gasteiger partial charge in [0, 0.05) is 18.6 Å². The smallest absolute Gasteiger partial charge is 0.254 e. The van der Waals surface area contributed by atoms with E-state index < -0.39 is 17.5 Å². The molecule has 3 nitrogen and oxygen atoms in total. The highest BCUT2D eigenvalue weighted by Crippen LogP contribution is 2.26. The van der Waals surface area contributed by atoms with E-state index in [9.17, 15) is 13.6 Å². The van der Waals surface area contributed by atoms with Gasteiger partial charge in [-0.05, 0) is 25.0 Å². The highest BCUT2D eigenvalue weighted by atomic mass is 35.5. The van der Waals surface area contributed by atoms with Gasteiger partial charge in [0.2, 0.25) is 0 Å². The summed E-state index contributed by atoms with van der Waals surface area (Å²) in [6.07, 6.45) is 2.45. The lowest BCUT2D eigenvalue weighted by Crippen LogP contribution is -2.38. The van der Waals surface area contributed by atoms with Crippen molar-refractivity contribution in [1.82, 2.24) is 5.32 Å². The Morgan fingerprint density at radius 1 is 1.37 bits per heavy atom. The van der Waals surface area contributed by atoms with Crippen LogP contribution in [0.3, 0.4) is 0 Å². The molecule has 0 radical (unpaired) electrons. The van der Waals surface area contributed by atoms with Gasteiger partial charge in [0.25, 0.3) is 5.91 Å². The predicted octanol–water partition coefficient (Wildman–Crippen LogP) is 2.51. The second-order valence-electron chi connectivity index (χ2n) is 4.70. The first-order valence-corrected chi connectivity index (χ1v) is 6.47. The minimum atomic E-state index is -0.859. The van der Waals surface area contributed by atoms with Crippen molar-refractivity contribution in [1.29, 1.82) is 0 Å². The van der Waals surface area contributed by atoms with Gasteiger partial charge in [-0.15, -0.1) is 0 Å². The van der Waals surface area contributed by atoms with E-state index in [4.69, 9.17) is 16.7 Å². The summed E-state index contributed by atoms with van der Waals surface area (Å²) in [6.45, 7) is -0.0254. The van der Waals surface area contributed by atoms with Gasteiger partial charge in [-0.25, -0.2) is 8.78 Å². The number of aliphatic hydroxyl groups is 1. The quantitative estimate of drug-likeness (QED) is 0.840. The van der Waals surface area contributed by atoms with Crippen molar-refractivity contribution in [2.24, 2.45) is 5.92 Å². The number of hydrogen-bond acceptors (Lipinski definition) is 2. The third kappa shape index (κ3) is 3.04. The lowest BCUT2D eigenvalue weighted by Gasteiger charge is -2.19. The fraction of sp³-hybridized carbons (Fsp3) is 0.462. The van der Waals surface area contributed by atoms with E-state index in [0.29, 0.717) is 0 Å². The van der Waals surface area contributed by atoms with Crippen molar-refractivity contribution in [2.75, 3.05) is 6.61 Å². The zero-order valence-corrected chi connectivity index (χ0v) is 10.9. The summed E-state index contributed by atoms with van der Waals surface area (Å²) in [5.41, 5.74) is -0.370. The van der Waals surface area contributed by atoms with Crippen LogP contribution in [0, 0.1) is 17.6 Å². The van der Waals surface area contributed by atoms with Crippen molar-refractivity contribution < 1.29 is 18.7 Å². The van der Waals surface area contributed by atoms with Crippen LogP contribution in [0.25, 0.3) is 0 Å². The van der Waals surface area contributed by atoms with Gasteiger partial charge in [0.05, 0.1) is 10.6 Å². The molecular weight excluding hydrogens is 276 g/mol. The second kappa shape index (κ2) is 5.84. The number of hydrogen-bond donors (Lipinski definition) is 2. The lowest BCUT2D eigenvalue weighted by molar-refractivity contribution is 0.0911. The average Bonchev–Trinajstić information content (AvgIpc) is 2.80. The molecular formula is C13H14ClF2NO2. The molecule has 2 N–H and O–H groups in total. The molecule has 0 heterocycles. The van der Waals surface area contributed by atoms with Crippen molar-refractivity contribution in [3.63, 3.8) is 0 Å². The van der Waals surface area contributed by atoms with E-state index in [0.717, 1.165) is 31.4 Å². The Morgan fingerprint density at radius 3 is 2.79 bits per heavy atom. The first kappa shape index (κ1) is 14.2. The standard InChI is InChI=1S/C13H14ClF2NO2/c14-9-5-10(15)8(4-11(9)16)13(19)17-12-3-1-2-7(12)6-18/h4-5,7,12,18H,1-3,6H2,(H,17,19).